The van der Waals surface area contributed by atoms with Crippen molar-refractivity contribution in [2.45, 2.75) is 45.1 Å². The molecule has 1 fully saturated rings. The van der Waals surface area contributed by atoms with Crippen LogP contribution in [0.5, 0.6) is 0 Å². The maximum absolute atomic E-state index is 4.78. The maximum Gasteiger partial charge on any atom is 0.0943 e. The summed E-state index contributed by atoms with van der Waals surface area (Å²) in [4.78, 5) is 7.38. The standard InChI is InChI=1S/C14H25N3S/c1-3-17-9-5-7-13(17)10-14-16-12(11-18-14)6-4-8-15-2/h11,13,15H,3-10H2,1-2H3. The summed E-state index contributed by atoms with van der Waals surface area (Å²) >= 11 is 1.85. The Balaban J connectivity index is 1.82. The molecule has 18 heavy (non-hydrogen) atoms. The Morgan fingerprint density at radius 3 is 3.22 bits per heavy atom. The van der Waals surface area contributed by atoms with Crippen LogP contribution >= 0.6 is 11.3 Å². The van der Waals surface area contributed by atoms with Crippen LogP contribution < -0.4 is 5.32 Å². The van der Waals surface area contributed by atoms with E-state index in [9.17, 15) is 0 Å². The van der Waals surface area contributed by atoms with Crippen LogP contribution in [0.25, 0.3) is 0 Å². The van der Waals surface area contributed by atoms with Gasteiger partial charge in [0.2, 0.25) is 0 Å². The molecule has 0 bridgehead atoms. The zero-order valence-electron chi connectivity index (χ0n) is 11.6. The Morgan fingerprint density at radius 2 is 2.44 bits per heavy atom. The third-order valence-electron chi connectivity index (χ3n) is 3.77. The van der Waals surface area contributed by atoms with Crippen molar-refractivity contribution in [3.8, 4) is 0 Å². The summed E-state index contributed by atoms with van der Waals surface area (Å²) in [6.45, 7) is 5.81. The van der Waals surface area contributed by atoms with E-state index in [2.05, 4.69) is 22.5 Å². The van der Waals surface area contributed by atoms with Gasteiger partial charge in [-0.15, -0.1) is 11.3 Å². The highest BCUT2D eigenvalue weighted by Gasteiger charge is 2.23. The van der Waals surface area contributed by atoms with Gasteiger partial charge in [-0.1, -0.05) is 6.92 Å². The van der Waals surface area contributed by atoms with E-state index >= 15 is 0 Å². The van der Waals surface area contributed by atoms with E-state index in [0.717, 1.165) is 25.4 Å². The molecule has 0 aromatic carbocycles. The first kappa shape index (κ1) is 14.0. The fourth-order valence-electron chi connectivity index (χ4n) is 2.75. The molecule has 1 saturated heterocycles. The molecule has 0 amide bonds. The second-order valence-corrected chi connectivity index (χ2v) is 6.01. The molecule has 1 unspecified atom stereocenters. The van der Waals surface area contributed by atoms with Crippen LogP contribution in [0.15, 0.2) is 5.38 Å². The summed E-state index contributed by atoms with van der Waals surface area (Å²) in [6, 6.07) is 0.742. The zero-order valence-corrected chi connectivity index (χ0v) is 12.4. The summed E-state index contributed by atoms with van der Waals surface area (Å²) in [5, 5.41) is 6.77. The molecule has 1 atom stereocenters. The normalized spacial score (nSPS) is 20.7. The van der Waals surface area contributed by atoms with Crippen LogP contribution in [0.1, 0.15) is 36.9 Å². The van der Waals surface area contributed by atoms with E-state index in [1.807, 2.05) is 18.4 Å². The van der Waals surface area contributed by atoms with Crippen LogP contribution in [-0.4, -0.2) is 42.6 Å². The Bertz CT molecular complexity index is 351. The lowest BCUT2D eigenvalue weighted by Crippen LogP contribution is -2.30. The monoisotopic (exact) mass is 267 g/mol. The van der Waals surface area contributed by atoms with Gasteiger partial charge in [0.15, 0.2) is 0 Å². The smallest absolute Gasteiger partial charge is 0.0943 e. The Labute approximate surface area is 115 Å². The second kappa shape index (κ2) is 7.22. The molecule has 0 spiro atoms. The summed E-state index contributed by atoms with van der Waals surface area (Å²) in [7, 11) is 2.01. The molecule has 1 N–H and O–H groups in total. The summed E-state index contributed by atoms with van der Waals surface area (Å²) in [6.07, 6.45) is 6.16. The van der Waals surface area contributed by atoms with Crippen molar-refractivity contribution in [2.75, 3.05) is 26.7 Å². The molecular formula is C14H25N3S. The van der Waals surface area contributed by atoms with Gasteiger partial charge in [-0.25, -0.2) is 4.98 Å². The number of aromatic nitrogens is 1. The SMILES string of the molecule is CCN1CCCC1Cc1nc(CCCNC)cs1. The first-order chi connectivity index (χ1) is 8.83. The summed E-state index contributed by atoms with van der Waals surface area (Å²) in [5.74, 6) is 0. The Morgan fingerprint density at radius 1 is 1.56 bits per heavy atom. The first-order valence-electron chi connectivity index (χ1n) is 7.15. The average Bonchev–Trinajstić information content (AvgIpc) is 2.99. The number of nitrogens with zero attached hydrogens (tertiary/aromatic N) is 2. The number of aryl methyl sites for hydroxylation is 1. The molecule has 4 heteroatoms. The number of hydrogen-bond donors (Lipinski definition) is 1. The van der Waals surface area contributed by atoms with Gasteiger partial charge in [-0.05, 0) is 52.4 Å². The molecule has 0 aliphatic carbocycles. The zero-order chi connectivity index (χ0) is 12.8. The topological polar surface area (TPSA) is 28.2 Å². The van der Waals surface area contributed by atoms with Crippen LogP contribution in [-0.2, 0) is 12.8 Å². The van der Waals surface area contributed by atoms with Gasteiger partial charge in [0.25, 0.3) is 0 Å². The van der Waals surface area contributed by atoms with Crippen molar-refractivity contribution in [2.24, 2.45) is 0 Å². The van der Waals surface area contributed by atoms with E-state index in [-0.39, 0.29) is 0 Å². The highest BCUT2D eigenvalue weighted by Crippen LogP contribution is 2.22. The largest absolute Gasteiger partial charge is 0.320 e. The lowest BCUT2D eigenvalue weighted by atomic mass is 10.1. The van der Waals surface area contributed by atoms with Crippen molar-refractivity contribution >= 4 is 11.3 Å². The Hall–Kier alpha value is -0.450. The van der Waals surface area contributed by atoms with E-state index < -0.39 is 0 Å². The molecule has 1 aromatic rings. The molecule has 2 rings (SSSR count). The van der Waals surface area contributed by atoms with Gasteiger partial charge in [0.1, 0.15) is 0 Å². The molecular weight excluding hydrogens is 242 g/mol. The predicted octanol–water partition coefficient (Wildman–Crippen LogP) is 2.32. The van der Waals surface area contributed by atoms with Gasteiger partial charge < -0.3 is 10.2 Å². The van der Waals surface area contributed by atoms with Crippen molar-refractivity contribution < 1.29 is 0 Å². The minimum atomic E-state index is 0.742. The van der Waals surface area contributed by atoms with E-state index in [4.69, 9.17) is 4.98 Å². The molecule has 2 heterocycles. The highest BCUT2D eigenvalue weighted by atomic mass is 32.1. The Kier molecular flexibility index (Phi) is 5.60. The quantitative estimate of drug-likeness (QED) is 0.769. The van der Waals surface area contributed by atoms with Gasteiger partial charge in [0, 0.05) is 17.8 Å². The van der Waals surface area contributed by atoms with Gasteiger partial charge >= 0.3 is 0 Å². The fraction of sp³-hybridized carbons (Fsp3) is 0.786. The van der Waals surface area contributed by atoms with Gasteiger partial charge in [-0.3, -0.25) is 0 Å². The number of likely N-dealkylation sites (N-methyl/N-ethyl adjacent to an activating group) is 1. The van der Waals surface area contributed by atoms with Crippen molar-refractivity contribution in [1.29, 1.82) is 0 Å². The number of thiazole rings is 1. The number of hydrogen-bond acceptors (Lipinski definition) is 4. The number of rotatable bonds is 7. The number of nitrogens with one attached hydrogen (secondary N) is 1. The highest BCUT2D eigenvalue weighted by molar-refractivity contribution is 7.09. The molecule has 0 saturated carbocycles. The van der Waals surface area contributed by atoms with Crippen LogP contribution in [0.2, 0.25) is 0 Å². The van der Waals surface area contributed by atoms with Crippen molar-refractivity contribution in [1.82, 2.24) is 15.2 Å². The number of likely N-dealkylation sites (tertiary alicyclic amines) is 1. The maximum atomic E-state index is 4.78. The molecule has 1 aromatic heterocycles. The molecule has 0 radical (unpaired) electrons. The second-order valence-electron chi connectivity index (χ2n) is 5.07. The lowest BCUT2D eigenvalue weighted by molar-refractivity contribution is 0.266. The van der Waals surface area contributed by atoms with E-state index in [0.29, 0.717) is 0 Å². The summed E-state index contributed by atoms with van der Waals surface area (Å²) in [5.41, 5.74) is 1.28. The third-order valence-corrected chi connectivity index (χ3v) is 4.69. The van der Waals surface area contributed by atoms with Crippen LogP contribution in [0.3, 0.4) is 0 Å². The van der Waals surface area contributed by atoms with E-state index in [1.54, 1.807) is 0 Å². The molecule has 3 nitrogen and oxygen atoms in total. The fourth-order valence-corrected chi connectivity index (χ4v) is 3.65. The molecule has 102 valence electrons. The first-order valence-corrected chi connectivity index (χ1v) is 8.03. The lowest BCUT2D eigenvalue weighted by Gasteiger charge is -2.21. The molecule has 1 aliphatic rings. The minimum absolute atomic E-state index is 0.742. The van der Waals surface area contributed by atoms with Gasteiger partial charge in [0.05, 0.1) is 10.7 Å². The van der Waals surface area contributed by atoms with Crippen LogP contribution in [0, 0.1) is 0 Å². The third kappa shape index (κ3) is 3.77. The van der Waals surface area contributed by atoms with Crippen molar-refractivity contribution in [3.05, 3.63) is 16.1 Å². The van der Waals surface area contributed by atoms with E-state index in [1.165, 1.54) is 43.1 Å². The average molecular weight is 267 g/mol. The predicted molar refractivity (Wildman–Crippen MR) is 78.3 cm³/mol. The minimum Gasteiger partial charge on any atom is -0.320 e. The van der Waals surface area contributed by atoms with Crippen molar-refractivity contribution in [3.63, 3.8) is 0 Å². The van der Waals surface area contributed by atoms with Crippen LogP contribution in [0.4, 0.5) is 0 Å². The summed E-state index contributed by atoms with van der Waals surface area (Å²) < 4.78 is 0. The molecule has 1 aliphatic heterocycles. The van der Waals surface area contributed by atoms with Gasteiger partial charge in [-0.2, -0.15) is 0 Å².